The van der Waals surface area contributed by atoms with E-state index < -0.39 is 0 Å². The van der Waals surface area contributed by atoms with Crippen molar-refractivity contribution in [3.63, 3.8) is 0 Å². The van der Waals surface area contributed by atoms with Crippen LogP contribution < -0.4 is 14.9 Å². The van der Waals surface area contributed by atoms with Gasteiger partial charge in [-0.25, -0.2) is 0 Å². The standard InChI is InChI=1S/C27H39N3O3/c1-5-29(6-2)15-9-17-32-21-12-14-25-24(19-21)27(31)23-13-11-22(20-26(23)28-25)33-18-10-16-30(7-3)8-4/h11-14,19-20H,5-10,15-18H2,1-4H3,(H,28,31). The van der Waals surface area contributed by atoms with Crippen LogP contribution >= 0.6 is 0 Å². The number of aromatic nitrogens is 1. The van der Waals surface area contributed by atoms with Crippen LogP contribution in [0.3, 0.4) is 0 Å². The molecule has 3 aromatic rings. The highest BCUT2D eigenvalue weighted by atomic mass is 16.5. The summed E-state index contributed by atoms with van der Waals surface area (Å²) in [6, 6.07) is 11.4. The molecule has 1 N–H and O–H groups in total. The van der Waals surface area contributed by atoms with Crippen LogP contribution in [0.1, 0.15) is 40.5 Å². The number of H-pyrrole nitrogens is 1. The molecule has 0 unspecified atom stereocenters. The van der Waals surface area contributed by atoms with Gasteiger partial charge in [-0.2, -0.15) is 0 Å². The zero-order valence-electron chi connectivity index (χ0n) is 20.7. The maximum Gasteiger partial charge on any atom is 0.197 e. The summed E-state index contributed by atoms with van der Waals surface area (Å²) < 4.78 is 11.9. The van der Waals surface area contributed by atoms with Crippen LogP contribution in [0.4, 0.5) is 0 Å². The number of nitrogens with zero attached hydrogens (tertiary/aromatic N) is 2. The third-order valence-corrected chi connectivity index (χ3v) is 6.30. The Balaban J connectivity index is 1.67. The average Bonchev–Trinajstić information content (AvgIpc) is 2.84. The summed E-state index contributed by atoms with van der Waals surface area (Å²) in [5, 5.41) is 1.31. The molecule has 0 saturated heterocycles. The minimum Gasteiger partial charge on any atom is -0.494 e. The molecule has 180 valence electrons. The largest absolute Gasteiger partial charge is 0.494 e. The van der Waals surface area contributed by atoms with E-state index in [4.69, 9.17) is 9.47 Å². The molecule has 0 spiro atoms. The molecule has 0 bridgehead atoms. The van der Waals surface area contributed by atoms with Crippen molar-refractivity contribution in [2.24, 2.45) is 0 Å². The van der Waals surface area contributed by atoms with Crippen molar-refractivity contribution in [3.8, 4) is 11.5 Å². The van der Waals surface area contributed by atoms with Gasteiger partial charge in [-0.1, -0.05) is 27.7 Å². The fourth-order valence-electron chi connectivity index (χ4n) is 4.15. The van der Waals surface area contributed by atoms with Gasteiger partial charge in [0.1, 0.15) is 11.5 Å². The number of fused-ring (bicyclic) bond motifs is 2. The van der Waals surface area contributed by atoms with E-state index in [0.29, 0.717) is 24.0 Å². The van der Waals surface area contributed by atoms with Gasteiger partial charge in [-0.3, -0.25) is 4.79 Å². The molecule has 0 aliphatic heterocycles. The molecule has 2 aromatic carbocycles. The SMILES string of the molecule is CCN(CC)CCCOc1ccc2c(=O)c3cc(OCCCN(CC)CC)ccc3[nH]c2c1. The predicted octanol–water partition coefficient (Wildman–Crippen LogP) is 4.90. The lowest BCUT2D eigenvalue weighted by Crippen LogP contribution is -2.25. The Bertz CT molecular complexity index is 1070. The zero-order chi connectivity index (χ0) is 23.6. The summed E-state index contributed by atoms with van der Waals surface area (Å²) in [5.74, 6) is 1.52. The molecule has 0 amide bonds. The number of hydrogen-bond donors (Lipinski definition) is 1. The van der Waals surface area contributed by atoms with Crippen molar-refractivity contribution < 1.29 is 9.47 Å². The van der Waals surface area contributed by atoms with Crippen LogP contribution in [-0.2, 0) is 0 Å². The minimum absolute atomic E-state index is 0.0143. The van der Waals surface area contributed by atoms with E-state index in [0.717, 1.165) is 74.6 Å². The number of nitrogens with one attached hydrogen (secondary N) is 1. The van der Waals surface area contributed by atoms with Gasteiger partial charge in [0.15, 0.2) is 5.43 Å². The summed E-state index contributed by atoms with van der Waals surface area (Å²) in [5.41, 5.74) is 1.61. The first-order valence-electron chi connectivity index (χ1n) is 12.4. The van der Waals surface area contributed by atoms with Crippen molar-refractivity contribution >= 4 is 21.8 Å². The summed E-state index contributed by atoms with van der Waals surface area (Å²) in [7, 11) is 0. The van der Waals surface area contributed by atoms with Gasteiger partial charge in [-0.15, -0.1) is 0 Å². The monoisotopic (exact) mass is 453 g/mol. The minimum atomic E-state index is 0.0143. The lowest BCUT2D eigenvalue weighted by molar-refractivity contribution is 0.249. The molecule has 1 aromatic heterocycles. The second kappa shape index (κ2) is 12.6. The normalized spacial score (nSPS) is 11.7. The molecule has 1 heterocycles. The highest BCUT2D eigenvalue weighted by Crippen LogP contribution is 2.23. The van der Waals surface area contributed by atoms with Crippen molar-refractivity contribution in [2.75, 3.05) is 52.5 Å². The number of ether oxygens (including phenoxy) is 2. The molecule has 33 heavy (non-hydrogen) atoms. The summed E-state index contributed by atoms with van der Waals surface area (Å²) in [6.07, 6.45) is 1.94. The van der Waals surface area contributed by atoms with E-state index in [-0.39, 0.29) is 5.43 Å². The quantitative estimate of drug-likeness (QED) is 0.278. The topological polar surface area (TPSA) is 57.8 Å². The van der Waals surface area contributed by atoms with Crippen molar-refractivity contribution in [1.29, 1.82) is 0 Å². The number of pyridine rings is 1. The maximum atomic E-state index is 13.1. The third-order valence-electron chi connectivity index (χ3n) is 6.30. The highest BCUT2D eigenvalue weighted by molar-refractivity contribution is 5.93. The van der Waals surface area contributed by atoms with Gasteiger partial charge in [-0.05, 0) is 69.4 Å². The molecule has 0 atom stereocenters. The first-order valence-corrected chi connectivity index (χ1v) is 12.4. The predicted molar refractivity (Wildman–Crippen MR) is 138 cm³/mol. The highest BCUT2D eigenvalue weighted by Gasteiger charge is 2.09. The first-order chi connectivity index (χ1) is 16.1. The Morgan fingerprint density at radius 1 is 0.697 bits per heavy atom. The third kappa shape index (κ3) is 6.71. The molecule has 6 nitrogen and oxygen atoms in total. The molecular formula is C27H39N3O3. The average molecular weight is 454 g/mol. The van der Waals surface area contributed by atoms with Crippen LogP contribution in [-0.4, -0.2) is 67.3 Å². The lowest BCUT2D eigenvalue weighted by Gasteiger charge is -2.18. The Kier molecular flexibility index (Phi) is 9.58. The van der Waals surface area contributed by atoms with E-state index in [1.165, 1.54) is 0 Å². The molecule has 0 aliphatic carbocycles. The van der Waals surface area contributed by atoms with Crippen LogP contribution in [0, 0.1) is 0 Å². The molecule has 0 radical (unpaired) electrons. The van der Waals surface area contributed by atoms with E-state index >= 15 is 0 Å². The van der Waals surface area contributed by atoms with Crippen molar-refractivity contribution in [2.45, 2.75) is 40.5 Å². The fourth-order valence-corrected chi connectivity index (χ4v) is 4.15. The van der Waals surface area contributed by atoms with Gasteiger partial charge in [0.05, 0.1) is 24.2 Å². The smallest absolute Gasteiger partial charge is 0.197 e. The number of benzene rings is 2. The van der Waals surface area contributed by atoms with Gasteiger partial charge in [0.2, 0.25) is 0 Å². The summed E-state index contributed by atoms with van der Waals surface area (Å²) >= 11 is 0. The molecule has 0 saturated carbocycles. The van der Waals surface area contributed by atoms with Crippen LogP contribution in [0.2, 0.25) is 0 Å². The Morgan fingerprint density at radius 3 is 1.82 bits per heavy atom. The van der Waals surface area contributed by atoms with Gasteiger partial charge in [0, 0.05) is 29.9 Å². The van der Waals surface area contributed by atoms with Crippen LogP contribution in [0.5, 0.6) is 11.5 Å². The lowest BCUT2D eigenvalue weighted by atomic mass is 10.1. The molecule has 0 fully saturated rings. The second-order valence-corrected chi connectivity index (χ2v) is 8.33. The summed E-state index contributed by atoms with van der Waals surface area (Å²) in [4.78, 5) is 21.3. The van der Waals surface area contributed by atoms with Crippen molar-refractivity contribution in [3.05, 3.63) is 46.6 Å². The number of aromatic amines is 1. The van der Waals surface area contributed by atoms with E-state index in [1.807, 2.05) is 36.4 Å². The van der Waals surface area contributed by atoms with Gasteiger partial charge < -0.3 is 24.3 Å². The first kappa shape index (κ1) is 25.1. The molecular weight excluding hydrogens is 414 g/mol. The Hall–Kier alpha value is -2.57. The fraction of sp³-hybridized carbons (Fsp3) is 0.519. The summed E-state index contributed by atoms with van der Waals surface area (Å²) in [6.45, 7) is 16.3. The van der Waals surface area contributed by atoms with E-state index in [9.17, 15) is 4.79 Å². The number of rotatable bonds is 14. The van der Waals surface area contributed by atoms with Gasteiger partial charge in [0.25, 0.3) is 0 Å². The molecule has 0 aliphatic rings. The molecule has 6 heteroatoms. The van der Waals surface area contributed by atoms with Crippen molar-refractivity contribution in [1.82, 2.24) is 14.8 Å². The van der Waals surface area contributed by atoms with Crippen LogP contribution in [0.15, 0.2) is 41.2 Å². The van der Waals surface area contributed by atoms with Crippen LogP contribution in [0.25, 0.3) is 21.8 Å². The Morgan fingerprint density at radius 2 is 1.24 bits per heavy atom. The zero-order valence-corrected chi connectivity index (χ0v) is 20.7. The van der Waals surface area contributed by atoms with E-state index in [1.54, 1.807) is 0 Å². The van der Waals surface area contributed by atoms with Gasteiger partial charge >= 0.3 is 0 Å². The Labute approximate surface area is 197 Å². The maximum absolute atomic E-state index is 13.1. The second-order valence-electron chi connectivity index (χ2n) is 8.33. The molecule has 3 rings (SSSR count). The van der Waals surface area contributed by atoms with E-state index in [2.05, 4.69) is 42.5 Å². The number of hydrogen-bond acceptors (Lipinski definition) is 5.